The van der Waals surface area contributed by atoms with Gasteiger partial charge in [0.05, 0.1) is 0 Å². The predicted molar refractivity (Wildman–Crippen MR) is 108 cm³/mol. The van der Waals surface area contributed by atoms with E-state index in [0.29, 0.717) is 24.3 Å². The van der Waals surface area contributed by atoms with E-state index in [4.69, 9.17) is 4.74 Å². The largest absolute Gasteiger partial charge is 0.484 e. The average molecular weight is 408 g/mol. The zero-order chi connectivity index (χ0) is 21.1. The van der Waals surface area contributed by atoms with Crippen LogP contribution in [0, 0.1) is 12.7 Å². The highest BCUT2D eigenvalue weighted by molar-refractivity contribution is 5.95. The number of benzene rings is 2. The Kier molecular flexibility index (Phi) is 5.47. The second-order valence-electron chi connectivity index (χ2n) is 7.10. The Morgan fingerprint density at radius 1 is 1.13 bits per heavy atom. The van der Waals surface area contributed by atoms with Gasteiger partial charge in [-0.2, -0.15) is 5.10 Å². The molecule has 0 saturated heterocycles. The van der Waals surface area contributed by atoms with Crippen LogP contribution in [0.4, 0.5) is 4.39 Å². The Morgan fingerprint density at radius 3 is 2.77 bits per heavy atom. The fraction of sp³-hybridized carbons (Fsp3) is 0.227. The van der Waals surface area contributed by atoms with Gasteiger partial charge < -0.3 is 4.74 Å². The molecule has 0 atom stereocenters. The molecule has 0 radical (unpaired) electrons. The molecule has 2 N–H and O–H groups in total. The normalized spacial score (nSPS) is 12.3. The number of hydrogen-bond donors (Lipinski definition) is 2. The third kappa shape index (κ3) is 4.03. The van der Waals surface area contributed by atoms with Crippen molar-refractivity contribution in [2.24, 2.45) is 0 Å². The van der Waals surface area contributed by atoms with Gasteiger partial charge in [-0.05, 0) is 56.0 Å². The van der Waals surface area contributed by atoms with Crippen molar-refractivity contribution >= 4 is 11.8 Å². The predicted octanol–water partition coefficient (Wildman–Crippen LogP) is 2.65. The molecule has 0 unspecified atom stereocenters. The monoisotopic (exact) mass is 408 g/mol. The molecule has 2 aromatic carbocycles. The van der Waals surface area contributed by atoms with E-state index < -0.39 is 17.6 Å². The summed E-state index contributed by atoms with van der Waals surface area (Å²) in [6.07, 6.45) is 2.25. The number of aromatic nitrogens is 2. The molecule has 2 amide bonds. The standard InChI is InChI=1S/C22H21FN4O3/c1-14-6-4-7-15(12-14)30-13-20(28)24-25-22(29)21-16-8-5-11-18(16)27(26-21)19-10-3-2-9-17(19)23/h2-4,6-7,9-10,12H,5,8,11,13H2,1H3,(H,24,28)(H,25,29). The van der Waals surface area contributed by atoms with Gasteiger partial charge in [-0.3, -0.25) is 20.4 Å². The van der Waals surface area contributed by atoms with Gasteiger partial charge in [-0.1, -0.05) is 24.3 Å². The first kappa shape index (κ1) is 19.6. The fourth-order valence-corrected chi connectivity index (χ4v) is 3.52. The van der Waals surface area contributed by atoms with Gasteiger partial charge in [0.2, 0.25) is 0 Å². The van der Waals surface area contributed by atoms with Gasteiger partial charge in [0.15, 0.2) is 12.3 Å². The van der Waals surface area contributed by atoms with E-state index in [0.717, 1.165) is 23.2 Å². The molecular weight excluding hydrogens is 387 g/mol. The number of hydrazine groups is 1. The zero-order valence-electron chi connectivity index (χ0n) is 16.4. The van der Waals surface area contributed by atoms with Crippen LogP contribution in [0.3, 0.4) is 0 Å². The number of hydrogen-bond acceptors (Lipinski definition) is 4. The topological polar surface area (TPSA) is 85.2 Å². The summed E-state index contributed by atoms with van der Waals surface area (Å²) in [4.78, 5) is 24.6. The molecule has 154 valence electrons. The highest BCUT2D eigenvalue weighted by Gasteiger charge is 2.28. The minimum Gasteiger partial charge on any atom is -0.484 e. The molecule has 0 fully saturated rings. The number of nitrogens with zero attached hydrogens (tertiary/aromatic N) is 2. The number of aryl methyl sites for hydroxylation is 1. The van der Waals surface area contributed by atoms with Crippen molar-refractivity contribution in [1.29, 1.82) is 0 Å². The van der Waals surface area contributed by atoms with E-state index in [2.05, 4.69) is 16.0 Å². The number of ether oxygens (including phenoxy) is 1. The highest BCUT2D eigenvalue weighted by atomic mass is 19.1. The average Bonchev–Trinajstić information content (AvgIpc) is 3.34. The Balaban J connectivity index is 1.42. The van der Waals surface area contributed by atoms with E-state index in [1.54, 1.807) is 24.3 Å². The molecule has 7 nitrogen and oxygen atoms in total. The van der Waals surface area contributed by atoms with Gasteiger partial charge in [-0.25, -0.2) is 9.07 Å². The maximum absolute atomic E-state index is 14.2. The quantitative estimate of drug-likeness (QED) is 0.636. The van der Waals surface area contributed by atoms with Gasteiger partial charge in [0.25, 0.3) is 11.8 Å². The summed E-state index contributed by atoms with van der Waals surface area (Å²) >= 11 is 0. The van der Waals surface area contributed by atoms with Crippen LogP contribution in [0.25, 0.3) is 5.69 Å². The maximum Gasteiger partial charge on any atom is 0.290 e. The number of nitrogens with one attached hydrogen (secondary N) is 2. The second-order valence-corrected chi connectivity index (χ2v) is 7.10. The molecule has 0 saturated carbocycles. The number of halogens is 1. The molecule has 1 aromatic heterocycles. The minimum absolute atomic E-state index is 0.186. The summed E-state index contributed by atoms with van der Waals surface area (Å²) in [5.74, 6) is -0.900. The van der Waals surface area contributed by atoms with Crippen molar-refractivity contribution in [3.05, 3.63) is 76.9 Å². The van der Waals surface area contributed by atoms with E-state index >= 15 is 0 Å². The van der Waals surface area contributed by atoms with E-state index in [1.807, 2.05) is 25.1 Å². The number of rotatable bonds is 5. The molecule has 3 aromatic rings. The smallest absolute Gasteiger partial charge is 0.290 e. The van der Waals surface area contributed by atoms with Gasteiger partial charge in [-0.15, -0.1) is 0 Å². The van der Waals surface area contributed by atoms with E-state index in [-0.39, 0.29) is 12.3 Å². The molecule has 8 heteroatoms. The first-order valence-corrected chi connectivity index (χ1v) is 9.67. The molecule has 0 bridgehead atoms. The lowest BCUT2D eigenvalue weighted by Gasteiger charge is -2.09. The molecule has 1 heterocycles. The maximum atomic E-state index is 14.2. The van der Waals surface area contributed by atoms with Crippen LogP contribution in [0.5, 0.6) is 5.75 Å². The van der Waals surface area contributed by atoms with Crippen molar-refractivity contribution in [1.82, 2.24) is 20.6 Å². The lowest BCUT2D eigenvalue weighted by molar-refractivity contribution is -0.123. The molecule has 4 rings (SSSR count). The van der Waals surface area contributed by atoms with Crippen LogP contribution >= 0.6 is 0 Å². The summed E-state index contributed by atoms with van der Waals surface area (Å²) in [6.45, 7) is 1.68. The number of fused-ring (bicyclic) bond motifs is 1. The van der Waals surface area contributed by atoms with Crippen molar-refractivity contribution in [3.63, 3.8) is 0 Å². The Morgan fingerprint density at radius 2 is 1.97 bits per heavy atom. The molecule has 0 spiro atoms. The van der Waals surface area contributed by atoms with Gasteiger partial charge in [0, 0.05) is 11.3 Å². The Hall–Kier alpha value is -3.68. The third-order valence-electron chi connectivity index (χ3n) is 4.90. The number of carbonyl (C=O) groups is 2. The first-order chi connectivity index (χ1) is 14.5. The summed E-state index contributed by atoms with van der Waals surface area (Å²) in [6, 6.07) is 13.6. The first-order valence-electron chi connectivity index (χ1n) is 9.67. The molecule has 1 aliphatic rings. The van der Waals surface area contributed by atoms with Crippen LogP contribution in [0.2, 0.25) is 0 Å². The van der Waals surface area contributed by atoms with Gasteiger partial charge in [0.1, 0.15) is 17.3 Å². The van der Waals surface area contributed by atoms with E-state index in [1.165, 1.54) is 10.7 Å². The van der Waals surface area contributed by atoms with Crippen LogP contribution in [-0.4, -0.2) is 28.2 Å². The zero-order valence-corrected chi connectivity index (χ0v) is 16.4. The Labute approximate surface area is 172 Å². The summed E-state index contributed by atoms with van der Waals surface area (Å²) in [7, 11) is 0. The van der Waals surface area contributed by atoms with E-state index in [9.17, 15) is 14.0 Å². The van der Waals surface area contributed by atoms with Crippen LogP contribution in [-0.2, 0) is 17.6 Å². The van der Waals surface area contributed by atoms with Crippen LogP contribution in [0.1, 0.15) is 33.7 Å². The van der Waals surface area contributed by atoms with Crippen LogP contribution in [0.15, 0.2) is 48.5 Å². The third-order valence-corrected chi connectivity index (χ3v) is 4.90. The summed E-state index contributed by atoms with van der Waals surface area (Å²) < 4.78 is 21.1. The molecule has 1 aliphatic carbocycles. The fourth-order valence-electron chi connectivity index (χ4n) is 3.52. The van der Waals surface area contributed by atoms with Gasteiger partial charge >= 0.3 is 0 Å². The lowest BCUT2D eigenvalue weighted by atomic mass is 10.2. The van der Waals surface area contributed by atoms with Crippen molar-refractivity contribution in [2.75, 3.05) is 6.61 Å². The lowest BCUT2D eigenvalue weighted by Crippen LogP contribution is -2.44. The van der Waals surface area contributed by atoms with Crippen LogP contribution < -0.4 is 15.6 Å². The molecule has 0 aliphatic heterocycles. The molecular formula is C22H21FN4O3. The SMILES string of the molecule is Cc1cccc(OCC(=O)NNC(=O)c2nn(-c3ccccc3F)c3c2CCC3)c1. The number of amides is 2. The minimum atomic E-state index is -0.549. The second kappa shape index (κ2) is 8.36. The van der Waals surface area contributed by atoms with Crippen molar-refractivity contribution < 1.29 is 18.7 Å². The summed E-state index contributed by atoms with van der Waals surface area (Å²) in [5, 5.41) is 4.33. The van der Waals surface area contributed by atoms with Crippen molar-refractivity contribution in [2.45, 2.75) is 26.2 Å². The number of para-hydroxylation sites is 1. The Bertz CT molecular complexity index is 1110. The van der Waals surface area contributed by atoms with Crippen molar-refractivity contribution in [3.8, 4) is 11.4 Å². The highest BCUT2D eigenvalue weighted by Crippen LogP contribution is 2.28. The number of carbonyl (C=O) groups excluding carboxylic acids is 2. The molecule has 30 heavy (non-hydrogen) atoms. The summed E-state index contributed by atoms with van der Waals surface area (Å²) in [5.41, 5.74) is 7.79.